The van der Waals surface area contributed by atoms with Crippen LogP contribution in [0.2, 0.25) is 0 Å². The summed E-state index contributed by atoms with van der Waals surface area (Å²) in [5.41, 5.74) is 1.17. The SMILES string of the molecule is COC(=O)[C@@H]1CN(C)[C@H]2c3ccccc3O[C@@H]12. The summed E-state index contributed by atoms with van der Waals surface area (Å²) in [6.45, 7) is 0.691. The number of nitrogens with zero attached hydrogens (tertiary/aromatic N) is 1. The Morgan fingerprint density at radius 2 is 2.24 bits per heavy atom. The third-order valence-corrected chi connectivity index (χ3v) is 3.67. The van der Waals surface area contributed by atoms with Gasteiger partial charge in [0, 0.05) is 12.1 Å². The fourth-order valence-electron chi connectivity index (χ4n) is 2.90. The lowest BCUT2D eigenvalue weighted by Gasteiger charge is -2.16. The highest BCUT2D eigenvalue weighted by Crippen LogP contribution is 2.46. The predicted molar refractivity (Wildman–Crippen MR) is 61.7 cm³/mol. The van der Waals surface area contributed by atoms with Crippen LogP contribution in [-0.2, 0) is 9.53 Å². The molecule has 4 nitrogen and oxygen atoms in total. The number of para-hydroxylation sites is 1. The molecule has 0 saturated carbocycles. The lowest BCUT2D eigenvalue weighted by molar-refractivity contribution is -0.147. The Labute approximate surface area is 100 Å². The molecule has 0 aromatic heterocycles. The number of methoxy groups -OCH3 is 1. The largest absolute Gasteiger partial charge is 0.487 e. The van der Waals surface area contributed by atoms with Crippen LogP contribution in [0, 0.1) is 5.92 Å². The molecule has 1 aromatic carbocycles. The average molecular weight is 233 g/mol. The second-order valence-corrected chi connectivity index (χ2v) is 4.63. The maximum Gasteiger partial charge on any atom is 0.313 e. The number of hydrogen-bond acceptors (Lipinski definition) is 4. The number of ether oxygens (including phenoxy) is 2. The van der Waals surface area contributed by atoms with Gasteiger partial charge in [0.15, 0.2) is 0 Å². The smallest absolute Gasteiger partial charge is 0.313 e. The van der Waals surface area contributed by atoms with Crippen LogP contribution in [-0.4, -0.2) is 37.7 Å². The molecule has 3 atom stereocenters. The van der Waals surface area contributed by atoms with Crippen LogP contribution < -0.4 is 4.74 Å². The highest BCUT2D eigenvalue weighted by atomic mass is 16.5. The third-order valence-electron chi connectivity index (χ3n) is 3.67. The third kappa shape index (κ3) is 1.44. The minimum Gasteiger partial charge on any atom is -0.487 e. The van der Waals surface area contributed by atoms with Crippen LogP contribution in [0.4, 0.5) is 0 Å². The van der Waals surface area contributed by atoms with Gasteiger partial charge in [-0.25, -0.2) is 0 Å². The maximum atomic E-state index is 11.7. The molecule has 0 bridgehead atoms. The number of fused-ring (bicyclic) bond motifs is 3. The molecule has 4 heteroatoms. The standard InChI is InChI=1S/C13H15NO3/c1-14-7-9(13(15)16-2)12-11(14)8-5-3-4-6-10(8)17-12/h3-6,9,11-12H,7H2,1-2H3/t9-,11+,12+/m1/s1. The van der Waals surface area contributed by atoms with Crippen molar-refractivity contribution in [2.75, 3.05) is 20.7 Å². The average Bonchev–Trinajstić information content (AvgIpc) is 2.86. The monoisotopic (exact) mass is 233 g/mol. The maximum absolute atomic E-state index is 11.7. The second-order valence-electron chi connectivity index (χ2n) is 4.63. The lowest BCUT2D eigenvalue weighted by atomic mass is 9.99. The molecular formula is C13H15NO3. The molecule has 2 aliphatic heterocycles. The summed E-state index contributed by atoms with van der Waals surface area (Å²) in [6, 6.07) is 8.15. The van der Waals surface area contributed by atoms with Gasteiger partial charge in [-0.2, -0.15) is 0 Å². The van der Waals surface area contributed by atoms with Crippen LogP contribution in [0.25, 0.3) is 0 Å². The highest BCUT2D eigenvalue weighted by molar-refractivity contribution is 5.74. The van der Waals surface area contributed by atoms with Gasteiger partial charge < -0.3 is 9.47 Å². The van der Waals surface area contributed by atoms with E-state index in [9.17, 15) is 4.79 Å². The van der Waals surface area contributed by atoms with Crippen molar-refractivity contribution in [3.05, 3.63) is 29.8 Å². The minimum absolute atomic E-state index is 0.107. The van der Waals surface area contributed by atoms with Gasteiger partial charge in [-0.15, -0.1) is 0 Å². The first-order valence-corrected chi connectivity index (χ1v) is 5.76. The number of esters is 1. The molecule has 90 valence electrons. The molecule has 1 saturated heterocycles. The summed E-state index contributed by atoms with van der Waals surface area (Å²) in [6.07, 6.45) is -0.107. The van der Waals surface area contributed by atoms with Crippen molar-refractivity contribution in [2.24, 2.45) is 5.92 Å². The normalized spacial score (nSPS) is 30.6. The van der Waals surface area contributed by atoms with Crippen LogP contribution in [0.5, 0.6) is 5.75 Å². The molecule has 2 aliphatic rings. The molecule has 3 rings (SSSR count). The van der Waals surface area contributed by atoms with Crippen molar-refractivity contribution >= 4 is 5.97 Å². The van der Waals surface area contributed by atoms with Gasteiger partial charge >= 0.3 is 5.97 Å². The Hall–Kier alpha value is -1.55. The van der Waals surface area contributed by atoms with E-state index in [1.165, 1.54) is 12.7 Å². The fourth-order valence-corrected chi connectivity index (χ4v) is 2.90. The first-order chi connectivity index (χ1) is 8.22. The quantitative estimate of drug-likeness (QED) is 0.684. The number of carbonyl (C=O) groups excluding carboxylic acids is 1. The van der Waals surface area contributed by atoms with Crippen molar-refractivity contribution in [1.29, 1.82) is 0 Å². The highest BCUT2D eigenvalue weighted by Gasteiger charge is 2.51. The number of rotatable bonds is 1. The van der Waals surface area contributed by atoms with Gasteiger partial charge in [0.25, 0.3) is 0 Å². The molecular weight excluding hydrogens is 218 g/mol. The van der Waals surface area contributed by atoms with E-state index in [0.29, 0.717) is 6.54 Å². The van der Waals surface area contributed by atoms with Crippen LogP contribution >= 0.6 is 0 Å². The van der Waals surface area contributed by atoms with Crippen molar-refractivity contribution in [3.8, 4) is 5.75 Å². The van der Waals surface area contributed by atoms with E-state index >= 15 is 0 Å². The number of benzene rings is 1. The summed E-state index contributed by atoms with van der Waals surface area (Å²) in [7, 11) is 3.45. The summed E-state index contributed by atoms with van der Waals surface area (Å²) in [4.78, 5) is 13.9. The van der Waals surface area contributed by atoms with Gasteiger partial charge in [-0.05, 0) is 13.1 Å². The van der Waals surface area contributed by atoms with E-state index in [-0.39, 0.29) is 24.0 Å². The van der Waals surface area contributed by atoms with Gasteiger partial charge in [0.2, 0.25) is 0 Å². The van der Waals surface area contributed by atoms with Gasteiger partial charge in [0.05, 0.1) is 13.2 Å². The van der Waals surface area contributed by atoms with E-state index in [0.717, 1.165) is 5.75 Å². The van der Waals surface area contributed by atoms with E-state index in [1.54, 1.807) is 0 Å². The summed E-state index contributed by atoms with van der Waals surface area (Å²) < 4.78 is 10.7. The second kappa shape index (κ2) is 3.74. The fraction of sp³-hybridized carbons (Fsp3) is 0.462. The lowest BCUT2D eigenvalue weighted by Crippen LogP contribution is -2.30. The first kappa shape index (κ1) is 10.6. The van der Waals surface area contributed by atoms with Crippen molar-refractivity contribution in [2.45, 2.75) is 12.1 Å². The Bertz CT molecular complexity index is 460. The predicted octanol–water partition coefficient (Wildman–Crippen LogP) is 1.22. The topological polar surface area (TPSA) is 38.8 Å². The van der Waals surface area contributed by atoms with Crippen molar-refractivity contribution in [1.82, 2.24) is 4.90 Å². The zero-order chi connectivity index (χ0) is 12.0. The molecule has 0 N–H and O–H groups in total. The van der Waals surface area contributed by atoms with Crippen molar-refractivity contribution in [3.63, 3.8) is 0 Å². The number of hydrogen-bond donors (Lipinski definition) is 0. The summed E-state index contributed by atoms with van der Waals surface area (Å²) in [5.74, 6) is 0.516. The molecule has 2 heterocycles. The Kier molecular flexibility index (Phi) is 2.33. The molecule has 0 aliphatic carbocycles. The van der Waals surface area contributed by atoms with Crippen LogP contribution in [0.1, 0.15) is 11.6 Å². The molecule has 1 aromatic rings. The van der Waals surface area contributed by atoms with Crippen LogP contribution in [0.3, 0.4) is 0 Å². The number of carbonyl (C=O) groups is 1. The molecule has 1 fully saturated rings. The summed E-state index contributed by atoms with van der Waals surface area (Å²) >= 11 is 0. The number of likely N-dealkylation sites (N-methyl/N-ethyl adjacent to an activating group) is 1. The number of likely N-dealkylation sites (tertiary alicyclic amines) is 1. The Morgan fingerprint density at radius 3 is 3.00 bits per heavy atom. The Morgan fingerprint density at radius 1 is 1.47 bits per heavy atom. The van der Waals surface area contributed by atoms with Gasteiger partial charge in [-0.1, -0.05) is 18.2 Å². The first-order valence-electron chi connectivity index (χ1n) is 5.76. The van der Waals surface area contributed by atoms with Crippen molar-refractivity contribution < 1.29 is 14.3 Å². The Balaban J connectivity index is 1.96. The van der Waals surface area contributed by atoms with Gasteiger partial charge in [-0.3, -0.25) is 9.69 Å². The van der Waals surface area contributed by atoms with Crippen LogP contribution in [0.15, 0.2) is 24.3 Å². The van der Waals surface area contributed by atoms with E-state index in [4.69, 9.17) is 9.47 Å². The molecule has 0 radical (unpaired) electrons. The van der Waals surface area contributed by atoms with E-state index < -0.39 is 0 Å². The molecule has 0 unspecified atom stereocenters. The van der Waals surface area contributed by atoms with Gasteiger partial charge in [0.1, 0.15) is 17.8 Å². The molecule has 0 spiro atoms. The minimum atomic E-state index is -0.192. The van der Waals surface area contributed by atoms with E-state index in [1.807, 2.05) is 25.2 Å². The molecule has 17 heavy (non-hydrogen) atoms. The molecule has 0 amide bonds. The zero-order valence-corrected chi connectivity index (χ0v) is 9.92. The van der Waals surface area contributed by atoms with E-state index in [2.05, 4.69) is 11.0 Å². The zero-order valence-electron chi connectivity index (χ0n) is 9.92. The summed E-state index contributed by atoms with van der Waals surface area (Å²) in [5, 5.41) is 0.